The number of carbonyl (C=O) groups is 3. The van der Waals surface area contributed by atoms with E-state index in [1.165, 1.54) is 22.8 Å². The van der Waals surface area contributed by atoms with Crippen LogP contribution >= 0.6 is 11.3 Å². The van der Waals surface area contributed by atoms with Crippen molar-refractivity contribution in [2.45, 2.75) is 26.5 Å². The number of hydrogen-bond donors (Lipinski definition) is 2. The summed E-state index contributed by atoms with van der Waals surface area (Å²) in [6.07, 6.45) is -0.556. The van der Waals surface area contributed by atoms with Gasteiger partial charge in [0.2, 0.25) is 0 Å². The second-order valence-electron chi connectivity index (χ2n) is 7.37. The monoisotopic (exact) mass is 463 g/mol. The van der Waals surface area contributed by atoms with Crippen molar-refractivity contribution < 1.29 is 24.2 Å². The van der Waals surface area contributed by atoms with Crippen LogP contribution in [-0.4, -0.2) is 32.5 Å². The van der Waals surface area contributed by atoms with E-state index in [0.717, 1.165) is 10.9 Å². The number of aromatic nitrogens is 2. The Balaban J connectivity index is 1.71. The maximum Gasteiger partial charge on any atom is 0.323 e. The number of amides is 1. The lowest BCUT2D eigenvalue weighted by Crippen LogP contribution is -2.19. The number of fused-ring (bicyclic) bond motifs is 1. The molecular formula is C24H21N3O5S. The minimum Gasteiger partial charge on any atom is -0.480 e. The highest BCUT2D eigenvalue weighted by Crippen LogP contribution is 2.37. The molecule has 0 saturated heterocycles. The van der Waals surface area contributed by atoms with Crippen LogP contribution in [0.5, 0.6) is 0 Å². The number of carbonyl (C=O) groups excluding carboxylic acids is 2. The van der Waals surface area contributed by atoms with Crippen molar-refractivity contribution in [3.8, 4) is 11.3 Å². The smallest absolute Gasteiger partial charge is 0.323 e. The molecule has 2 aromatic heterocycles. The lowest BCUT2D eigenvalue weighted by atomic mass is 10.1. The van der Waals surface area contributed by atoms with E-state index < -0.39 is 23.9 Å². The van der Waals surface area contributed by atoms with E-state index in [2.05, 4.69) is 10.3 Å². The molecule has 0 radical (unpaired) electrons. The zero-order valence-electron chi connectivity index (χ0n) is 17.9. The number of ether oxygens (including phenoxy) is 1. The number of benzene rings is 2. The van der Waals surface area contributed by atoms with Crippen LogP contribution in [0.4, 0.5) is 5.13 Å². The summed E-state index contributed by atoms with van der Waals surface area (Å²) in [5.41, 5.74) is 2.29. The molecule has 1 amide bonds. The van der Waals surface area contributed by atoms with E-state index >= 15 is 0 Å². The number of thiazole rings is 1. The Morgan fingerprint density at radius 1 is 1.12 bits per heavy atom. The van der Waals surface area contributed by atoms with E-state index in [4.69, 9.17) is 4.74 Å². The summed E-state index contributed by atoms with van der Waals surface area (Å²) >= 11 is 1.21. The number of nitrogens with zero attached hydrogens (tertiary/aromatic N) is 2. The third-order valence-corrected chi connectivity index (χ3v) is 6.10. The van der Waals surface area contributed by atoms with E-state index in [0.29, 0.717) is 21.2 Å². The van der Waals surface area contributed by atoms with Gasteiger partial charge in [0.25, 0.3) is 5.91 Å². The molecule has 1 unspecified atom stereocenters. The molecule has 1 atom stereocenters. The highest BCUT2D eigenvalue weighted by atomic mass is 32.1. The first-order chi connectivity index (χ1) is 15.8. The largest absolute Gasteiger partial charge is 0.480 e. The molecule has 2 aromatic carbocycles. The molecule has 0 aliphatic heterocycles. The normalized spacial score (nSPS) is 11.8. The number of anilines is 1. The summed E-state index contributed by atoms with van der Waals surface area (Å²) in [6.45, 7) is 2.74. The summed E-state index contributed by atoms with van der Waals surface area (Å²) < 4.78 is 6.81. The molecule has 0 fully saturated rings. The lowest BCUT2D eigenvalue weighted by Gasteiger charge is -2.11. The molecule has 2 N–H and O–H groups in total. The van der Waals surface area contributed by atoms with Crippen LogP contribution in [0, 0.1) is 0 Å². The first-order valence-corrected chi connectivity index (χ1v) is 11.0. The Morgan fingerprint density at radius 2 is 1.82 bits per heavy atom. The van der Waals surface area contributed by atoms with Crippen molar-refractivity contribution in [1.29, 1.82) is 0 Å². The molecule has 33 heavy (non-hydrogen) atoms. The molecule has 0 bridgehead atoms. The summed E-state index contributed by atoms with van der Waals surface area (Å²) in [5.74, 6) is -1.95. The van der Waals surface area contributed by atoms with Gasteiger partial charge in [0, 0.05) is 23.4 Å². The van der Waals surface area contributed by atoms with Crippen LogP contribution in [0.3, 0.4) is 0 Å². The van der Waals surface area contributed by atoms with Crippen molar-refractivity contribution in [3.63, 3.8) is 0 Å². The predicted molar refractivity (Wildman–Crippen MR) is 125 cm³/mol. The Labute approximate surface area is 193 Å². The molecule has 8 nitrogen and oxygen atoms in total. The van der Waals surface area contributed by atoms with Crippen LogP contribution in [-0.2, 0) is 20.9 Å². The summed E-state index contributed by atoms with van der Waals surface area (Å²) in [7, 11) is 0. The summed E-state index contributed by atoms with van der Waals surface area (Å²) in [4.78, 5) is 41.3. The number of aliphatic carboxylic acids is 1. The van der Waals surface area contributed by atoms with E-state index in [9.17, 15) is 19.5 Å². The predicted octanol–water partition coefficient (Wildman–Crippen LogP) is 4.73. The molecule has 4 rings (SSSR count). The third kappa shape index (κ3) is 4.78. The fourth-order valence-corrected chi connectivity index (χ4v) is 4.59. The molecule has 4 aromatic rings. The van der Waals surface area contributed by atoms with Crippen LogP contribution in [0.2, 0.25) is 0 Å². The average molecular weight is 464 g/mol. The van der Waals surface area contributed by atoms with E-state index in [1.54, 1.807) is 25.1 Å². The van der Waals surface area contributed by atoms with Crippen molar-refractivity contribution >= 4 is 45.2 Å². The van der Waals surface area contributed by atoms with Gasteiger partial charge in [-0.25, -0.2) is 4.98 Å². The van der Waals surface area contributed by atoms with Crippen molar-refractivity contribution in [2.75, 3.05) is 5.32 Å². The van der Waals surface area contributed by atoms with Crippen LogP contribution < -0.4 is 5.32 Å². The maximum absolute atomic E-state index is 13.1. The Morgan fingerprint density at radius 3 is 2.52 bits per heavy atom. The Hall–Kier alpha value is -3.98. The summed E-state index contributed by atoms with van der Waals surface area (Å²) in [6, 6.07) is 18.3. The fraction of sp³-hybridized carbons (Fsp3) is 0.167. The Bertz CT molecular complexity index is 1340. The highest BCUT2D eigenvalue weighted by Gasteiger charge is 2.23. The van der Waals surface area contributed by atoms with Gasteiger partial charge in [0.1, 0.15) is 18.3 Å². The number of nitrogens with one attached hydrogen (secondary N) is 1. The van der Waals surface area contributed by atoms with Crippen LogP contribution in [0.1, 0.15) is 35.3 Å². The van der Waals surface area contributed by atoms with Gasteiger partial charge in [-0.2, -0.15) is 0 Å². The van der Waals surface area contributed by atoms with Crippen LogP contribution in [0.15, 0.2) is 60.7 Å². The van der Waals surface area contributed by atoms with Gasteiger partial charge in [-0.1, -0.05) is 59.9 Å². The first-order valence-electron chi connectivity index (χ1n) is 10.2. The maximum atomic E-state index is 13.1. The van der Waals surface area contributed by atoms with Gasteiger partial charge in [-0.05, 0) is 19.1 Å². The van der Waals surface area contributed by atoms with Gasteiger partial charge in [-0.3, -0.25) is 19.7 Å². The number of hydrogen-bond acceptors (Lipinski definition) is 6. The van der Waals surface area contributed by atoms with Gasteiger partial charge in [0.15, 0.2) is 5.13 Å². The molecule has 0 aliphatic rings. The molecule has 0 aliphatic carbocycles. The third-order valence-electron chi connectivity index (χ3n) is 4.97. The standard InChI is InChI=1S/C24H21N3O5S/c1-14(32-15(2)28)22-21(16-8-4-3-5-9-16)25-24(33-22)26-23(31)19-12-17-10-6-7-11-18(17)27(19)13-20(29)30/h3-12,14H,13H2,1-2H3,(H,29,30)(H,25,26,31). The zero-order valence-corrected chi connectivity index (χ0v) is 18.8. The zero-order chi connectivity index (χ0) is 23.5. The van der Waals surface area contributed by atoms with Gasteiger partial charge in [0.05, 0.1) is 10.6 Å². The molecule has 0 spiro atoms. The second kappa shape index (κ2) is 9.25. The van der Waals surface area contributed by atoms with Crippen LogP contribution in [0.25, 0.3) is 22.2 Å². The van der Waals surface area contributed by atoms with E-state index in [-0.39, 0.29) is 12.2 Å². The molecule has 9 heteroatoms. The Kier molecular flexibility index (Phi) is 6.23. The van der Waals surface area contributed by atoms with E-state index in [1.807, 2.05) is 42.5 Å². The van der Waals surface area contributed by atoms with Crippen molar-refractivity contribution in [1.82, 2.24) is 9.55 Å². The number of rotatable bonds is 7. The number of para-hydroxylation sites is 1. The second-order valence-corrected chi connectivity index (χ2v) is 8.40. The van der Waals surface area contributed by atoms with Gasteiger partial charge in [-0.15, -0.1) is 0 Å². The van der Waals surface area contributed by atoms with Crippen molar-refractivity contribution in [2.24, 2.45) is 0 Å². The van der Waals surface area contributed by atoms with Crippen molar-refractivity contribution in [3.05, 3.63) is 71.2 Å². The average Bonchev–Trinajstić information content (AvgIpc) is 3.36. The topological polar surface area (TPSA) is 111 Å². The molecule has 2 heterocycles. The fourth-order valence-electron chi connectivity index (χ4n) is 3.63. The number of carboxylic acids is 1. The SMILES string of the molecule is CC(=O)OC(C)c1sc(NC(=O)c2cc3ccccc3n2CC(=O)O)nc1-c1ccccc1. The summed E-state index contributed by atoms with van der Waals surface area (Å²) in [5, 5.41) is 13.2. The molecule has 0 saturated carbocycles. The lowest BCUT2D eigenvalue weighted by molar-refractivity contribution is -0.145. The minimum absolute atomic E-state index is 0.213. The minimum atomic E-state index is -1.05. The number of carboxylic acid groups (broad SMARTS) is 1. The highest BCUT2D eigenvalue weighted by molar-refractivity contribution is 7.16. The van der Waals surface area contributed by atoms with Gasteiger partial charge >= 0.3 is 11.9 Å². The number of esters is 1. The molecule has 168 valence electrons. The van der Waals surface area contributed by atoms with Gasteiger partial charge < -0.3 is 14.4 Å². The quantitative estimate of drug-likeness (QED) is 0.384. The first kappa shape index (κ1) is 22.2. The molecular weight excluding hydrogens is 442 g/mol.